The fourth-order valence-corrected chi connectivity index (χ4v) is 5.86. The van der Waals surface area contributed by atoms with E-state index in [1.165, 1.54) is 6.08 Å². The Labute approximate surface area is 177 Å². The number of para-hydroxylation sites is 1. The Kier molecular flexibility index (Phi) is 5.26. The third kappa shape index (κ3) is 3.06. The van der Waals surface area contributed by atoms with Gasteiger partial charge in [0, 0.05) is 33.9 Å². The zero-order valence-electron chi connectivity index (χ0n) is 17.2. The number of nitrogens with zero attached hydrogens (tertiary/aromatic N) is 1. The van der Waals surface area contributed by atoms with Gasteiger partial charge in [0.2, 0.25) is 9.84 Å². The molecule has 0 aliphatic carbocycles. The summed E-state index contributed by atoms with van der Waals surface area (Å²) in [7, 11) is -3.93. The molecule has 1 unspecified atom stereocenters. The molecule has 0 fully saturated rings. The lowest BCUT2D eigenvalue weighted by atomic mass is 10.0. The Morgan fingerprint density at radius 2 is 1.73 bits per heavy atom. The predicted octanol–water partition coefficient (Wildman–Crippen LogP) is 5.63. The summed E-state index contributed by atoms with van der Waals surface area (Å²) < 4.78 is 28.6. The SMILES string of the molecule is C=Cc1cccc(-c2ccc3c(c2)c2ccccc2n3CC)c1S(=O)(=O)C(O)CC. The van der Waals surface area contributed by atoms with Gasteiger partial charge in [0.05, 0.1) is 4.90 Å². The second-order valence-electron chi connectivity index (χ2n) is 7.33. The summed E-state index contributed by atoms with van der Waals surface area (Å²) in [6.07, 6.45) is 1.65. The van der Waals surface area contributed by atoms with E-state index in [4.69, 9.17) is 0 Å². The Morgan fingerprint density at radius 1 is 1.00 bits per heavy atom. The molecule has 0 saturated heterocycles. The van der Waals surface area contributed by atoms with Gasteiger partial charge >= 0.3 is 0 Å². The van der Waals surface area contributed by atoms with E-state index in [0.29, 0.717) is 11.1 Å². The van der Waals surface area contributed by atoms with Crippen LogP contribution in [0.15, 0.2) is 72.1 Å². The molecule has 0 amide bonds. The van der Waals surface area contributed by atoms with Crippen LogP contribution < -0.4 is 0 Å². The molecule has 1 aromatic heterocycles. The molecule has 0 aliphatic rings. The first-order valence-corrected chi connectivity index (χ1v) is 11.7. The van der Waals surface area contributed by atoms with E-state index in [-0.39, 0.29) is 11.3 Å². The molecule has 1 atom stereocenters. The molecule has 4 aromatic rings. The second-order valence-corrected chi connectivity index (χ2v) is 9.37. The molecule has 4 nitrogen and oxygen atoms in total. The number of fused-ring (bicyclic) bond motifs is 3. The molecule has 1 N–H and O–H groups in total. The van der Waals surface area contributed by atoms with E-state index >= 15 is 0 Å². The van der Waals surface area contributed by atoms with Crippen molar-refractivity contribution >= 4 is 37.7 Å². The number of benzene rings is 3. The standard InChI is InChI=1S/C25H25NO3S/c1-4-17-10-9-12-19(25(17)30(28,29)24(27)5-2)18-14-15-23-21(16-18)20-11-7-8-13-22(20)26(23)6-3/h4,7-16,24,27H,1,5-6H2,2-3H3. The van der Waals surface area contributed by atoms with Gasteiger partial charge in [-0.2, -0.15) is 0 Å². The normalized spacial score (nSPS) is 13.0. The maximum atomic E-state index is 13.2. The van der Waals surface area contributed by atoms with Crippen LogP contribution in [-0.2, 0) is 16.4 Å². The first kappa shape index (κ1) is 20.4. The summed E-state index contributed by atoms with van der Waals surface area (Å²) in [6.45, 7) is 8.40. The van der Waals surface area contributed by atoms with Gasteiger partial charge in [0.1, 0.15) is 0 Å². The molecule has 1 heterocycles. The van der Waals surface area contributed by atoms with Crippen molar-refractivity contribution in [1.82, 2.24) is 4.57 Å². The number of rotatable bonds is 6. The number of hydrogen-bond acceptors (Lipinski definition) is 3. The lowest BCUT2D eigenvalue weighted by Gasteiger charge is -2.17. The number of aryl methyl sites for hydroxylation is 1. The van der Waals surface area contributed by atoms with Gasteiger partial charge in [0.25, 0.3) is 0 Å². The van der Waals surface area contributed by atoms with Crippen LogP contribution in [0.3, 0.4) is 0 Å². The van der Waals surface area contributed by atoms with E-state index in [1.807, 2.05) is 36.4 Å². The van der Waals surface area contributed by atoms with Crippen LogP contribution in [0.25, 0.3) is 39.0 Å². The molecular weight excluding hydrogens is 394 g/mol. The summed E-state index contributed by atoms with van der Waals surface area (Å²) in [5.74, 6) is 0. The Bertz CT molecular complexity index is 1370. The van der Waals surface area contributed by atoms with E-state index < -0.39 is 15.3 Å². The van der Waals surface area contributed by atoms with Gasteiger partial charge in [-0.25, -0.2) is 8.42 Å². The first-order chi connectivity index (χ1) is 14.4. The number of aliphatic hydroxyl groups is 1. The van der Waals surface area contributed by atoms with Gasteiger partial charge in [-0.3, -0.25) is 0 Å². The van der Waals surface area contributed by atoms with Crippen molar-refractivity contribution in [3.8, 4) is 11.1 Å². The average molecular weight is 420 g/mol. The van der Waals surface area contributed by atoms with Gasteiger partial charge in [-0.1, -0.05) is 62.0 Å². The van der Waals surface area contributed by atoms with Crippen molar-refractivity contribution in [3.05, 3.63) is 72.8 Å². The monoisotopic (exact) mass is 419 g/mol. The maximum absolute atomic E-state index is 13.2. The van der Waals surface area contributed by atoms with Gasteiger partial charge < -0.3 is 9.67 Å². The molecule has 30 heavy (non-hydrogen) atoms. The fourth-order valence-electron chi connectivity index (χ4n) is 4.18. The van der Waals surface area contributed by atoms with Crippen LogP contribution in [0.2, 0.25) is 0 Å². The second kappa shape index (κ2) is 7.74. The maximum Gasteiger partial charge on any atom is 0.206 e. The molecule has 0 bridgehead atoms. The molecule has 3 aromatic carbocycles. The molecule has 154 valence electrons. The van der Waals surface area contributed by atoms with E-state index in [0.717, 1.165) is 33.9 Å². The third-order valence-corrected chi connectivity index (χ3v) is 7.73. The Balaban J connectivity index is 2.05. The molecule has 0 saturated carbocycles. The molecule has 4 rings (SSSR count). The smallest absolute Gasteiger partial charge is 0.206 e. The largest absolute Gasteiger partial charge is 0.377 e. The summed E-state index contributed by atoms with van der Waals surface area (Å²) >= 11 is 0. The van der Waals surface area contributed by atoms with Crippen LogP contribution in [-0.4, -0.2) is 23.5 Å². The third-order valence-electron chi connectivity index (χ3n) is 5.66. The van der Waals surface area contributed by atoms with Gasteiger partial charge in [-0.05, 0) is 42.7 Å². The van der Waals surface area contributed by atoms with Crippen LogP contribution in [0.5, 0.6) is 0 Å². The average Bonchev–Trinajstić information content (AvgIpc) is 3.10. The van der Waals surface area contributed by atoms with Crippen molar-refractivity contribution in [2.75, 3.05) is 0 Å². The van der Waals surface area contributed by atoms with Crippen molar-refractivity contribution in [2.45, 2.75) is 37.1 Å². The minimum absolute atomic E-state index is 0.121. The van der Waals surface area contributed by atoms with Crippen molar-refractivity contribution < 1.29 is 13.5 Å². The zero-order valence-corrected chi connectivity index (χ0v) is 18.0. The van der Waals surface area contributed by atoms with Crippen LogP contribution in [0.1, 0.15) is 25.8 Å². The predicted molar refractivity (Wildman–Crippen MR) is 124 cm³/mol. The van der Waals surface area contributed by atoms with Crippen LogP contribution >= 0.6 is 0 Å². The highest BCUT2D eigenvalue weighted by molar-refractivity contribution is 7.92. The first-order valence-electron chi connectivity index (χ1n) is 10.1. The minimum atomic E-state index is -3.93. The molecule has 0 aliphatic heterocycles. The zero-order chi connectivity index (χ0) is 21.5. The van der Waals surface area contributed by atoms with E-state index in [2.05, 4.69) is 30.2 Å². The summed E-state index contributed by atoms with van der Waals surface area (Å²) in [4.78, 5) is 0.132. The minimum Gasteiger partial charge on any atom is -0.377 e. The number of aromatic nitrogens is 1. The van der Waals surface area contributed by atoms with Crippen molar-refractivity contribution in [1.29, 1.82) is 0 Å². The summed E-state index contributed by atoms with van der Waals surface area (Å²) in [5, 5.41) is 12.5. The molecule has 5 heteroatoms. The van der Waals surface area contributed by atoms with Crippen molar-refractivity contribution in [2.24, 2.45) is 0 Å². The highest BCUT2D eigenvalue weighted by atomic mass is 32.2. The summed E-state index contributed by atoms with van der Waals surface area (Å²) in [6, 6.07) is 19.6. The lowest BCUT2D eigenvalue weighted by Crippen LogP contribution is -2.21. The number of hydrogen-bond donors (Lipinski definition) is 1. The quantitative estimate of drug-likeness (QED) is 0.441. The Hall–Kier alpha value is -2.89. The lowest BCUT2D eigenvalue weighted by molar-refractivity contribution is 0.244. The molecule has 0 spiro atoms. The van der Waals surface area contributed by atoms with Crippen molar-refractivity contribution in [3.63, 3.8) is 0 Å². The van der Waals surface area contributed by atoms with Crippen LogP contribution in [0.4, 0.5) is 0 Å². The number of sulfone groups is 1. The van der Waals surface area contributed by atoms with Gasteiger partial charge in [0.15, 0.2) is 5.44 Å². The highest BCUT2D eigenvalue weighted by Crippen LogP contribution is 2.37. The van der Waals surface area contributed by atoms with Gasteiger partial charge in [-0.15, -0.1) is 0 Å². The highest BCUT2D eigenvalue weighted by Gasteiger charge is 2.29. The number of aliphatic hydroxyl groups excluding tert-OH is 1. The summed E-state index contributed by atoms with van der Waals surface area (Å²) in [5.41, 5.74) is 2.68. The molecular formula is C25H25NO3S. The Morgan fingerprint density at radius 3 is 2.43 bits per heavy atom. The fraction of sp³-hybridized carbons (Fsp3) is 0.200. The topological polar surface area (TPSA) is 59.3 Å². The van der Waals surface area contributed by atoms with Crippen LogP contribution in [0, 0.1) is 0 Å². The van der Waals surface area contributed by atoms with E-state index in [1.54, 1.807) is 19.1 Å². The van der Waals surface area contributed by atoms with E-state index in [9.17, 15) is 13.5 Å². The molecule has 0 radical (unpaired) electrons.